The minimum atomic E-state index is -1.83. The first-order valence-corrected chi connectivity index (χ1v) is 5.47. The molecule has 0 saturated heterocycles. The third-order valence-corrected chi connectivity index (χ3v) is 3.10. The van der Waals surface area contributed by atoms with Crippen LogP contribution >= 0.6 is 15.9 Å². The summed E-state index contributed by atoms with van der Waals surface area (Å²) in [7, 11) is 1.41. The molecule has 1 amide bonds. The zero-order valence-corrected chi connectivity index (χ0v) is 10.3. The maximum absolute atomic E-state index is 11.9. The Hall–Kier alpha value is -1.76. The Bertz CT molecular complexity index is 543. The highest BCUT2D eigenvalue weighted by Gasteiger charge is 2.46. The molecule has 0 bridgehead atoms. The second-order valence-electron chi connectivity index (χ2n) is 3.61. The average molecular weight is 299 g/mol. The summed E-state index contributed by atoms with van der Waals surface area (Å²) in [5.74, 6) is -1.58. The van der Waals surface area contributed by atoms with E-state index in [-0.39, 0.29) is 5.56 Å². The van der Waals surface area contributed by atoms with Crippen LogP contribution in [-0.2, 0) is 4.79 Å². The molecule has 1 aliphatic rings. The van der Waals surface area contributed by atoms with Crippen molar-refractivity contribution in [2.75, 3.05) is 11.9 Å². The van der Waals surface area contributed by atoms with Crippen LogP contribution in [0.4, 0.5) is 5.69 Å². The van der Waals surface area contributed by atoms with Crippen LogP contribution in [0.15, 0.2) is 22.7 Å². The van der Waals surface area contributed by atoms with Crippen molar-refractivity contribution in [3.8, 4) is 0 Å². The van der Waals surface area contributed by atoms with Crippen LogP contribution in [0.25, 0.3) is 0 Å². The normalized spacial score (nSPS) is 19.2. The number of fused-ring (bicyclic) bond motifs is 1. The van der Waals surface area contributed by atoms with E-state index in [1.807, 2.05) is 0 Å². The van der Waals surface area contributed by atoms with Crippen LogP contribution in [0.1, 0.15) is 10.4 Å². The smallest absolute Gasteiger partial charge is 0.308 e. The van der Waals surface area contributed by atoms with Crippen molar-refractivity contribution in [2.24, 2.45) is 0 Å². The predicted octanol–water partition coefficient (Wildman–Crippen LogP) is 1.25. The van der Waals surface area contributed by atoms with Crippen molar-refractivity contribution >= 4 is 33.3 Å². The molecular formula is C10H7BrN2O4. The van der Waals surface area contributed by atoms with Gasteiger partial charge in [0.05, 0.1) is 11.3 Å². The highest BCUT2D eigenvalue weighted by molar-refractivity contribution is 9.10. The van der Waals surface area contributed by atoms with E-state index in [2.05, 4.69) is 15.9 Å². The van der Waals surface area contributed by atoms with Gasteiger partial charge in [-0.2, -0.15) is 0 Å². The summed E-state index contributed by atoms with van der Waals surface area (Å²) < 4.78 is 0.634. The van der Waals surface area contributed by atoms with Gasteiger partial charge in [0, 0.05) is 16.4 Å². The molecule has 7 heteroatoms. The summed E-state index contributed by atoms with van der Waals surface area (Å²) in [5.41, 5.74) is 0.574. The van der Waals surface area contributed by atoms with Gasteiger partial charge in [-0.1, -0.05) is 15.9 Å². The topological polar surface area (TPSA) is 80.5 Å². The van der Waals surface area contributed by atoms with Crippen LogP contribution in [0.5, 0.6) is 0 Å². The second-order valence-corrected chi connectivity index (χ2v) is 4.53. The molecule has 1 heterocycles. The molecule has 0 spiro atoms. The number of hydrogen-bond donors (Lipinski definition) is 0. The molecule has 0 aliphatic carbocycles. The van der Waals surface area contributed by atoms with E-state index in [1.54, 1.807) is 12.1 Å². The predicted molar refractivity (Wildman–Crippen MR) is 62.7 cm³/mol. The number of nitro groups is 1. The Labute approximate surface area is 104 Å². The highest BCUT2D eigenvalue weighted by Crippen LogP contribution is 2.30. The Kier molecular flexibility index (Phi) is 2.70. The monoisotopic (exact) mass is 298 g/mol. The first-order valence-electron chi connectivity index (χ1n) is 4.68. The van der Waals surface area contributed by atoms with Crippen LogP contribution in [0, 0.1) is 10.1 Å². The summed E-state index contributed by atoms with van der Waals surface area (Å²) >= 11 is 3.18. The molecule has 6 nitrogen and oxygen atoms in total. The highest BCUT2D eigenvalue weighted by atomic mass is 79.9. The molecule has 1 aromatic carbocycles. The van der Waals surface area contributed by atoms with E-state index in [0.717, 1.165) is 4.90 Å². The van der Waals surface area contributed by atoms with Crippen molar-refractivity contribution in [3.63, 3.8) is 0 Å². The lowest BCUT2D eigenvalue weighted by molar-refractivity contribution is -0.491. The average Bonchev–Trinajstić information content (AvgIpc) is 2.26. The number of carbonyl (C=O) groups is 2. The number of Topliss-reactive ketones (excluding diaryl/α,β-unsaturated/α-hetero) is 1. The van der Waals surface area contributed by atoms with Crippen molar-refractivity contribution in [1.82, 2.24) is 0 Å². The molecule has 17 heavy (non-hydrogen) atoms. The molecule has 0 radical (unpaired) electrons. The van der Waals surface area contributed by atoms with E-state index in [4.69, 9.17) is 0 Å². The molecule has 1 atom stereocenters. The minimum Gasteiger partial charge on any atom is -0.308 e. The Morgan fingerprint density at radius 3 is 2.65 bits per heavy atom. The fourth-order valence-electron chi connectivity index (χ4n) is 1.75. The zero-order valence-electron chi connectivity index (χ0n) is 8.71. The van der Waals surface area contributed by atoms with Gasteiger partial charge in [-0.3, -0.25) is 19.7 Å². The molecule has 0 saturated carbocycles. The summed E-state index contributed by atoms with van der Waals surface area (Å²) in [6.07, 6.45) is 0. The molecular weight excluding hydrogens is 292 g/mol. The largest absolute Gasteiger partial charge is 0.351 e. The van der Waals surface area contributed by atoms with Crippen molar-refractivity contribution in [3.05, 3.63) is 38.3 Å². The molecule has 1 aromatic rings. The molecule has 1 unspecified atom stereocenters. The summed E-state index contributed by atoms with van der Waals surface area (Å²) in [6, 6.07) is 2.90. The van der Waals surface area contributed by atoms with E-state index < -0.39 is 22.7 Å². The fourth-order valence-corrected chi connectivity index (χ4v) is 2.11. The first-order chi connectivity index (χ1) is 7.93. The minimum absolute atomic E-state index is 0.183. The molecule has 2 rings (SSSR count). The Morgan fingerprint density at radius 1 is 1.41 bits per heavy atom. The lowest BCUT2D eigenvalue weighted by Crippen LogP contribution is -2.50. The molecule has 1 aliphatic heterocycles. The van der Waals surface area contributed by atoms with E-state index in [9.17, 15) is 19.7 Å². The lowest BCUT2D eigenvalue weighted by Gasteiger charge is -2.26. The SMILES string of the molecule is CN1C(=O)C([N+](=O)[O-])C(=O)c2cc(Br)ccc21. The van der Waals surface area contributed by atoms with Crippen molar-refractivity contribution in [2.45, 2.75) is 6.04 Å². The number of hydrogen-bond acceptors (Lipinski definition) is 4. The number of nitrogens with zero attached hydrogens (tertiary/aromatic N) is 2. The van der Waals surface area contributed by atoms with Gasteiger partial charge in [0.1, 0.15) is 0 Å². The standard InChI is InChI=1S/C10H7BrN2O4/c1-12-7-3-2-5(11)4-6(7)9(14)8(10(12)15)13(16)17/h2-4,8H,1H3. The molecule has 0 fully saturated rings. The molecule has 88 valence electrons. The number of likely N-dealkylation sites (N-methyl/N-ethyl adjacent to an activating group) is 1. The molecule has 0 N–H and O–H groups in total. The number of ketones is 1. The van der Waals surface area contributed by atoms with Gasteiger partial charge in [0.2, 0.25) is 5.78 Å². The van der Waals surface area contributed by atoms with Gasteiger partial charge < -0.3 is 4.90 Å². The van der Waals surface area contributed by atoms with Gasteiger partial charge in [0.25, 0.3) is 0 Å². The number of halogens is 1. The quantitative estimate of drug-likeness (QED) is 0.444. The first kappa shape index (κ1) is 11.7. The van der Waals surface area contributed by atoms with Crippen LogP contribution in [-0.4, -0.2) is 29.7 Å². The van der Waals surface area contributed by atoms with E-state index in [0.29, 0.717) is 10.2 Å². The second kappa shape index (κ2) is 3.92. The molecule has 0 aromatic heterocycles. The van der Waals surface area contributed by atoms with Gasteiger partial charge in [-0.05, 0) is 18.2 Å². The van der Waals surface area contributed by atoms with Crippen molar-refractivity contribution < 1.29 is 14.5 Å². The third kappa shape index (κ3) is 1.72. The maximum atomic E-state index is 11.9. The van der Waals surface area contributed by atoms with E-state index >= 15 is 0 Å². The van der Waals surface area contributed by atoms with Crippen LogP contribution < -0.4 is 4.90 Å². The number of amides is 1. The Balaban J connectivity index is 2.63. The van der Waals surface area contributed by atoms with Gasteiger partial charge >= 0.3 is 11.9 Å². The van der Waals surface area contributed by atoms with E-state index in [1.165, 1.54) is 13.1 Å². The summed E-state index contributed by atoms with van der Waals surface area (Å²) in [5, 5.41) is 10.7. The number of carbonyl (C=O) groups excluding carboxylic acids is 2. The zero-order chi connectivity index (χ0) is 12.7. The summed E-state index contributed by atoms with van der Waals surface area (Å²) in [4.78, 5) is 34.6. The number of benzene rings is 1. The van der Waals surface area contributed by atoms with Crippen molar-refractivity contribution in [1.29, 1.82) is 0 Å². The maximum Gasteiger partial charge on any atom is 0.351 e. The van der Waals surface area contributed by atoms with Crippen LogP contribution in [0.2, 0.25) is 0 Å². The lowest BCUT2D eigenvalue weighted by atomic mass is 9.96. The van der Waals surface area contributed by atoms with Gasteiger partial charge in [-0.15, -0.1) is 0 Å². The fraction of sp³-hybridized carbons (Fsp3) is 0.200. The van der Waals surface area contributed by atoms with Crippen LogP contribution in [0.3, 0.4) is 0 Å². The third-order valence-electron chi connectivity index (χ3n) is 2.61. The summed E-state index contributed by atoms with van der Waals surface area (Å²) in [6.45, 7) is 0. The Morgan fingerprint density at radius 2 is 2.06 bits per heavy atom. The van der Waals surface area contributed by atoms with Gasteiger partial charge in [-0.25, -0.2) is 0 Å². The van der Waals surface area contributed by atoms with Gasteiger partial charge in [0.15, 0.2) is 0 Å². The number of rotatable bonds is 1. The number of anilines is 1.